The second-order valence-electron chi connectivity index (χ2n) is 2.71. The van der Waals surface area contributed by atoms with E-state index in [1.807, 2.05) is 0 Å². The summed E-state index contributed by atoms with van der Waals surface area (Å²) >= 11 is -1.30. The maximum absolute atomic E-state index is 10.5. The molecule has 64 valence electrons. The van der Waals surface area contributed by atoms with Gasteiger partial charge < -0.3 is 0 Å². The molecule has 0 saturated carbocycles. The van der Waals surface area contributed by atoms with Gasteiger partial charge in [0.25, 0.3) is 0 Å². The Labute approximate surface area is 74.7 Å². The molecule has 4 nitrogen and oxygen atoms in total. The van der Waals surface area contributed by atoms with Gasteiger partial charge in [-0.1, -0.05) is 0 Å². The fraction of sp³-hybridized carbons (Fsp3) is 1.00. The van der Waals surface area contributed by atoms with Crippen LogP contribution in [-0.2, 0) is 26.3 Å². The zero-order valence-electron chi connectivity index (χ0n) is 6.57. The zero-order valence-corrected chi connectivity index (χ0v) is 11.5. The van der Waals surface area contributed by atoms with E-state index in [1.54, 1.807) is 13.8 Å². The molecule has 0 aromatic rings. The standard InChI is InChI=1S/2C2H6O2P.Zn/c2*1-2-5(3)4;/h2*2,5H,1H3,(H,3,4);. The van der Waals surface area contributed by atoms with Crippen molar-refractivity contribution in [2.75, 3.05) is 0 Å². The van der Waals surface area contributed by atoms with Crippen LogP contribution in [-0.4, -0.2) is 18.3 Å². The van der Waals surface area contributed by atoms with Crippen LogP contribution >= 0.6 is 16.1 Å². The minimum absolute atomic E-state index is 0.163. The van der Waals surface area contributed by atoms with Crippen LogP contribution in [0.2, 0.25) is 0 Å². The summed E-state index contributed by atoms with van der Waals surface area (Å²) in [4.78, 5) is 17.3. The van der Waals surface area contributed by atoms with Crippen LogP contribution < -0.4 is 0 Å². The van der Waals surface area contributed by atoms with E-state index in [-0.39, 0.29) is 8.51 Å². The first-order chi connectivity index (χ1) is 4.95. The molecule has 0 aromatic carbocycles. The van der Waals surface area contributed by atoms with Gasteiger partial charge in [-0.05, 0) is 0 Å². The summed E-state index contributed by atoms with van der Waals surface area (Å²) in [7, 11) is -4.88. The van der Waals surface area contributed by atoms with Crippen molar-refractivity contribution in [2.45, 2.75) is 22.4 Å². The van der Waals surface area contributed by atoms with Crippen LogP contribution in [0.4, 0.5) is 0 Å². The molecular weight excluding hydrogens is 239 g/mol. The second-order valence-corrected chi connectivity index (χ2v) is 15.6. The molecule has 0 radical (unpaired) electrons. The van der Waals surface area contributed by atoms with Crippen molar-refractivity contribution in [3.8, 4) is 0 Å². The van der Waals surface area contributed by atoms with Crippen LogP contribution in [0.1, 0.15) is 13.8 Å². The van der Waals surface area contributed by atoms with E-state index in [2.05, 4.69) is 0 Å². The molecule has 0 rings (SSSR count). The Balaban J connectivity index is 3.84. The minimum atomic E-state index is -2.44. The number of hydrogen-bond donors (Lipinski definition) is 2. The van der Waals surface area contributed by atoms with E-state index >= 15 is 0 Å². The van der Waals surface area contributed by atoms with Crippen molar-refractivity contribution in [1.29, 1.82) is 0 Å². The Bertz CT molecular complexity index is 155. The Morgan fingerprint density at radius 3 is 1.55 bits per heavy atom. The third-order valence-corrected chi connectivity index (χ3v) is 13.0. The molecule has 0 aliphatic carbocycles. The summed E-state index contributed by atoms with van der Waals surface area (Å²) in [6.07, 6.45) is 0. The van der Waals surface area contributed by atoms with Gasteiger partial charge in [0.15, 0.2) is 0 Å². The van der Waals surface area contributed by atoms with Gasteiger partial charge in [-0.15, -0.1) is 0 Å². The van der Waals surface area contributed by atoms with Crippen molar-refractivity contribution in [2.24, 2.45) is 0 Å². The summed E-state index contributed by atoms with van der Waals surface area (Å²) in [5.74, 6) is 0. The quantitative estimate of drug-likeness (QED) is 0.569. The van der Waals surface area contributed by atoms with E-state index in [1.165, 1.54) is 0 Å². The van der Waals surface area contributed by atoms with E-state index in [4.69, 9.17) is 9.79 Å². The zero-order chi connectivity index (χ0) is 9.02. The molecule has 11 heavy (non-hydrogen) atoms. The van der Waals surface area contributed by atoms with Crippen LogP contribution in [0.5, 0.6) is 0 Å². The van der Waals surface area contributed by atoms with Crippen LogP contribution in [0.15, 0.2) is 0 Å². The maximum atomic E-state index is 10.5. The molecule has 0 aliphatic rings. The molecule has 4 unspecified atom stereocenters. The van der Waals surface area contributed by atoms with Gasteiger partial charge in [-0.3, -0.25) is 0 Å². The van der Waals surface area contributed by atoms with Crippen LogP contribution in [0, 0.1) is 0 Å². The fourth-order valence-electron chi connectivity index (χ4n) is 0.732. The van der Waals surface area contributed by atoms with E-state index in [0.29, 0.717) is 0 Å². The third-order valence-electron chi connectivity index (χ3n) is 1.55. The van der Waals surface area contributed by atoms with Crippen molar-refractivity contribution in [1.82, 2.24) is 0 Å². The first kappa shape index (κ1) is 12.0. The third kappa shape index (κ3) is 5.28. The molecule has 0 bridgehead atoms. The Hall–Kier alpha value is 1.00. The second kappa shape index (κ2) is 5.62. The topological polar surface area (TPSA) is 74.6 Å². The first-order valence-electron chi connectivity index (χ1n) is 3.40. The molecule has 2 N–H and O–H groups in total. The van der Waals surface area contributed by atoms with E-state index in [9.17, 15) is 9.13 Å². The molecule has 0 saturated heterocycles. The molecule has 7 heteroatoms. The van der Waals surface area contributed by atoms with Gasteiger partial charge in [0.1, 0.15) is 0 Å². The molecule has 0 aromatic heterocycles. The molecule has 0 aliphatic heterocycles. The summed E-state index contributed by atoms with van der Waals surface area (Å²) in [6, 6.07) is 0. The van der Waals surface area contributed by atoms with Gasteiger partial charge in [0.05, 0.1) is 0 Å². The van der Waals surface area contributed by atoms with Gasteiger partial charge in [-0.2, -0.15) is 0 Å². The monoisotopic (exact) mass is 250 g/mol. The van der Waals surface area contributed by atoms with Crippen molar-refractivity contribution < 1.29 is 36.0 Å². The summed E-state index contributed by atoms with van der Waals surface area (Å²) in [5, 5.41) is 0. The van der Waals surface area contributed by atoms with Crippen molar-refractivity contribution in [3.63, 3.8) is 0 Å². The van der Waals surface area contributed by atoms with Gasteiger partial charge in [-0.25, -0.2) is 0 Å². The fourth-order valence-corrected chi connectivity index (χ4v) is 10.8. The predicted molar refractivity (Wildman–Crippen MR) is 41.4 cm³/mol. The van der Waals surface area contributed by atoms with Gasteiger partial charge >= 0.3 is 74.5 Å². The van der Waals surface area contributed by atoms with Crippen LogP contribution in [0.25, 0.3) is 0 Å². The van der Waals surface area contributed by atoms with Crippen molar-refractivity contribution >= 4 is 16.1 Å². The molecular formula is C4H12O4P2Zn. The van der Waals surface area contributed by atoms with Crippen molar-refractivity contribution in [3.05, 3.63) is 0 Å². The summed E-state index contributed by atoms with van der Waals surface area (Å²) in [6.45, 7) is 3.39. The van der Waals surface area contributed by atoms with Gasteiger partial charge in [0.2, 0.25) is 0 Å². The van der Waals surface area contributed by atoms with E-state index in [0.717, 1.165) is 0 Å². The Kier molecular flexibility index (Phi) is 6.13. The number of rotatable bonds is 4. The number of hydrogen-bond acceptors (Lipinski definition) is 2. The molecule has 0 fully saturated rings. The average Bonchev–Trinajstić information content (AvgIpc) is 1.87. The Morgan fingerprint density at radius 2 is 1.36 bits per heavy atom. The molecule has 4 atom stereocenters. The molecule has 0 heterocycles. The molecule has 0 spiro atoms. The molecule has 0 amide bonds. The first-order valence-corrected chi connectivity index (χ1v) is 9.70. The SMILES string of the molecule is C[CH]([Zn][CH](C)[PH](=O)O)[PH](=O)O. The van der Waals surface area contributed by atoms with Crippen LogP contribution in [0.3, 0.4) is 0 Å². The predicted octanol–water partition coefficient (Wildman–Crippen LogP) is 0.695. The summed E-state index contributed by atoms with van der Waals surface area (Å²) in [5.41, 5.74) is 0. The average molecular weight is 251 g/mol. The normalized spacial score (nSPS) is 21.5. The summed E-state index contributed by atoms with van der Waals surface area (Å²) < 4.78 is 20.7. The van der Waals surface area contributed by atoms with Gasteiger partial charge in [0, 0.05) is 0 Å². The Morgan fingerprint density at radius 1 is 1.09 bits per heavy atom. The van der Waals surface area contributed by atoms with E-state index < -0.39 is 33.2 Å².